The van der Waals surface area contributed by atoms with Crippen LogP contribution in [0.25, 0.3) is 4.91 Å². The lowest BCUT2D eigenvalue weighted by Gasteiger charge is -2.35. The average molecular weight is 320 g/mol. The van der Waals surface area contributed by atoms with Gasteiger partial charge in [0.15, 0.2) is 0 Å². The van der Waals surface area contributed by atoms with Crippen molar-refractivity contribution in [3.63, 3.8) is 0 Å². The third kappa shape index (κ3) is 4.53. The number of rotatable bonds is 6. The minimum absolute atomic E-state index is 0.532. The number of methoxy groups -OCH3 is 1. The predicted molar refractivity (Wildman–Crippen MR) is 98.5 cm³/mol. The first kappa shape index (κ1) is 17.4. The Morgan fingerprint density at radius 2 is 1.77 bits per heavy atom. The topological polar surface area (TPSA) is 12.5 Å². The quantitative estimate of drug-likeness (QED) is 0.739. The van der Waals surface area contributed by atoms with Crippen molar-refractivity contribution in [2.24, 2.45) is 5.92 Å². The van der Waals surface area contributed by atoms with Gasteiger partial charge in [-0.05, 0) is 55.8 Å². The van der Waals surface area contributed by atoms with E-state index in [-0.39, 0.29) is 0 Å². The molecule has 1 aromatic rings. The normalized spacial score (nSPS) is 18.5. The largest absolute Gasteiger partial charge is 0.497 e. The van der Waals surface area contributed by atoms with Gasteiger partial charge >= 0.3 is 0 Å². The highest BCUT2D eigenvalue weighted by molar-refractivity contribution is 8.07. The van der Waals surface area contributed by atoms with E-state index in [2.05, 4.69) is 43.2 Å². The molecule has 22 heavy (non-hydrogen) atoms. The van der Waals surface area contributed by atoms with E-state index in [1.165, 1.54) is 42.8 Å². The van der Waals surface area contributed by atoms with Gasteiger partial charge in [-0.3, -0.25) is 4.90 Å². The molecular formula is C19H29NOS. The van der Waals surface area contributed by atoms with E-state index in [0.717, 1.165) is 5.75 Å². The van der Waals surface area contributed by atoms with Gasteiger partial charge in [-0.2, -0.15) is 0 Å². The van der Waals surface area contributed by atoms with Crippen LogP contribution in [-0.4, -0.2) is 37.4 Å². The Hall–Kier alpha value is -0.930. The molecule has 122 valence electrons. The molecule has 1 unspecified atom stereocenters. The Labute approximate surface area is 139 Å². The van der Waals surface area contributed by atoms with Gasteiger partial charge in [-0.25, -0.2) is 0 Å². The summed E-state index contributed by atoms with van der Waals surface area (Å²) in [6, 6.07) is 8.95. The molecule has 0 radical (unpaired) electrons. The number of piperidine rings is 1. The number of nitrogens with zero attached hydrogens (tertiary/aromatic N) is 1. The Balaban J connectivity index is 2.22. The van der Waals surface area contributed by atoms with Crippen molar-refractivity contribution >= 4 is 16.7 Å². The summed E-state index contributed by atoms with van der Waals surface area (Å²) in [7, 11) is 1.71. The molecule has 0 aliphatic carbocycles. The van der Waals surface area contributed by atoms with Gasteiger partial charge in [-0.15, -0.1) is 11.8 Å². The summed E-state index contributed by atoms with van der Waals surface area (Å²) in [5.41, 5.74) is 1.29. The predicted octanol–water partition coefficient (Wildman–Crippen LogP) is 4.91. The standard InChI is InChI=1S/C19H29NOS/c1-15(2)18(20-12-6-5-7-13-20)14-19(22-4)16-8-10-17(21-3)11-9-16/h8-11,14-15,18H,5-7,12-13H2,1-4H3/b19-14+. The lowest BCUT2D eigenvalue weighted by atomic mass is 9.98. The minimum Gasteiger partial charge on any atom is -0.497 e. The smallest absolute Gasteiger partial charge is 0.118 e. The molecule has 2 rings (SSSR count). The number of thioether (sulfide) groups is 1. The minimum atomic E-state index is 0.532. The third-order valence-corrected chi connectivity index (χ3v) is 5.22. The maximum Gasteiger partial charge on any atom is 0.118 e. The molecule has 0 bridgehead atoms. The molecule has 1 aliphatic heterocycles. The molecule has 0 N–H and O–H groups in total. The summed E-state index contributed by atoms with van der Waals surface area (Å²) < 4.78 is 5.26. The van der Waals surface area contributed by atoms with E-state index >= 15 is 0 Å². The van der Waals surface area contributed by atoms with E-state index in [1.807, 2.05) is 23.9 Å². The number of benzene rings is 1. The fourth-order valence-corrected chi connectivity index (χ4v) is 3.78. The molecule has 0 spiro atoms. The molecule has 0 amide bonds. The molecule has 3 heteroatoms. The Morgan fingerprint density at radius 3 is 2.27 bits per heavy atom. The highest BCUT2D eigenvalue weighted by Crippen LogP contribution is 2.30. The van der Waals surface area contributed by atoms with Crippen molar-refractivity contribution in [2.45, 2.75) is 39.2 Å². The monoisotopic (exact) mass is 319 g/mol. The number of hydrogen-bond donors (Lipinski definition) is 0. The molecule has 1 atom stereocenters. The Bertz CT molecular complexity index is 475. The lowest BCUT2D eigenvalue weighted by molar-refractivity contribution is 0.159. The first-order chi connectivity index (χ1) is 10.7. The van der Waals surface area contributed by atoms with Crippen LogP contribution in [0, 0.1) is 5.92 Å². The summed E-state index contributed by atoms with van der Waals surface area (Å²) in [5, 5.41) is 0. The van der Waals surface area contributed by atoms with Gasteiger partial charge in [0.2, 0.25) is 0 Å². The SMILES string of the molecule is COc1ccc(/C(=C\C(C(C)C)N2CCCCC2)SC)cc1. The molecule has 0 aromatic heterocycles. The van der Waals surface area contributed by atoms with E-state index in [4.69, 9.17) is 4.74 Å². The van der Waals surface area contributed by atoms with Crippen molar-refractivity contribution in [3.05, 3.63) is 35.9 Å². The fourth-order valence-electron chi connectivity index (χ4n) is 3.13. The van der Waals surface area contributed by atoms with Crippen molar-refractivity contribution in [2.75, 3.05) is 26.5 Å². The maximum absolute atomic E-state index is 5.26. The number of likely N-dealkylation sites (tertiary alicyclic amines) is 1. The van der Waals surface area contributed by atoms with Gasteiger partial charge in [-0.1, -0.05) is 38.5 Å². The van der Waals surface area contributed by atoms with Crippen LogP contribution in [0.1, 0.15) is 38.7 Å². The van der Waals surface area contributed by atoms with E-state index < -0.39 is 0 Å². The highest BCUT2D eigenvalue weighted by atomic mass is 32.2. The van der Waals surface area contributed by atoms with Gasteiger partial charge in [0.05, 0.1) is 7.11 Å². The second-order valence-corrected chi connectivity index (χ2v) is 7.14. The first-order valence-electron chi connectivity index (χ1n) is 8.30. The second-order valence-electron chi connectivity index (χ2n) is 6.29. The summed E-state index contributed by atoms with van der Waals surface area (Å²) in [5.74, 6) is 1.55. The van der Waals surface area contributed by atoms with E-state index in [1.54, 1.807) is 7.11 Å². The molecule has 1 fully saturated rings. The molecule has 1 aromatic carbocycles. The van der Waals surface area contributed by atoms with Crippen molar-refractivity contribution in [1.29, 1.82) is 0 Å². The average Bonchev–Trinajstić information content (AvgIpc) is 2.56. The second kappa shape index (κ2) is 8.64. The summed E-state index contributed by atoms with van der Waals surface area (Å²) in [6.07, 6.45) is 8.72. The third-order valence-electron chi connectivity index (χ3n) is 4.41. The first-order valence-corrected chi connectivity index (χ1v) is 9.52. The zero-order valence-corrected chi connectivity index (χ0v) is 15.2. The summed E-state index contributed by atoms with van der Waals surface area (Å²) in [4.78, 5) is 4.03. The van der Waals surface area contributed by atoms with Crippen molar-refractivity contribution < 1.29 is 4.74 Å². The molecule has 0 saturated carbocycles. The van der Waals surface area contributed by atoms with E-state index in [0.29, 0.717) is 12.0 Å². The van der Waals surface area contributed by atoms with E-state index in [9.17, 15) is 0 Å². The zero-order chi connectivity index (χ0) is 15.9. The molecular weight excluding hydrogens is 290 g/mol. The van der Waals surface area contributed by atoms with Crippen LogP contribution in [0.5, 0.6) is 5.75 Å². The van der Waals surface area contributed by atoms with Gasteiger partial charge < -0.3 is 4.74 Å². The summed E-state index contributed by atoms with van der Waals surface area (Å²) >= 11 is 1.84. The van der Waals surface area contributed by atoms with Crippen LogP contribution in [0.15, 0.2) is 30.3 Å². The highest BCUT2D eigenvalue weighted by Gasteiger charge is 2.22. The van der Waals surface area contributed by atoms with Crippen LogP contribution in [0.4, 0.5) is 0 Å². The summed E-state index contributed by atoms with van der Waals surface area (Å²) in [6.45, 7) is 7.15. The van der Waals surface area contributed by atoms with Gasteiger partial charge in [0, 0.05) is 10.9 Å². The van der Waals surface area contributed by atoms with Crippen LogP contribution in [0.2, 0.25) is 0 Å². The molecule has 1 heterocycles. The van der Waals surface area contributed by atoms with Crippen LogP contribution in [0.3, 0.4) is 0 Å². The van der Waals surface area contributed by atoms with Gasteiger partial charge in [0.1, 0.15) is 5.75 Å². The van der Waals surface area contributed by atoms with Crippen molar-refractivity contribution in [3.8, 4) is 5.75 Å². The fraction of sp³-hybridized carbons (Fsp3) is 0.579. The van der Waals surface area contributed by atoms with Crippen molar-refractivity contribution in [1.82, 2.24) is 4.90 Å². The maximum atomic E-state index is 5.26. The van der Waals surface area contributed by atoms with Gasteiger partial charge in [0.25, 0.3) is 0 Å². The Morgan fingerprint density at radius 1 is 1.14 bits per heavy atom. The number of hydrogen-bond acceptors (Lipinski definition) is 3. The van der Waals surface area contributed by atoms with Crippen LogP contribution >= 0.6 is 11.8 Å². The molecule has 1 aliphatic rings. The van der Waals surface area contributed by atoms with Crippen LogP contribution in [-0.2, 0) is 0 Å². The molecule has 2 nitrogen and oxygen atoms in total. The zero-order valence-electron chi connectivity index (χ0n) is 14.3. The van der Waals surface area contributed by atoms with Crippen LogP contribution < -0.4 is 4.74 Å². The molecule has 1 saturated heterocycles. The Kier molecular flexibility index (Phi) is 6.84. The number of ether oxygens (including phenoxy) is 1. The lowest BCUT2D eigenvalue weighted by Crippen LogP contribution is -2.41.